The van der Waals surface area contributed by atoms with Crippen LogP contribution in [0.3, 0.4) is 0 Å². The molecule has 2 fully saturated rings. The highest BCUT2D eigenvalue weighted by atomic mass is 19.4. The summed E-state index contributed by atoms with van der Waals surface area (Å²) in [6.07, 6.45) is -3.51. The van der Waals surface area contributed by atoms with Crippen LogP contribution in [0.2, 0.25) is 0 Å². The number of halogens is 3. The fourth-order valence-electron chi connectivity index (χ4n) is 2.84. The van der Waals surface area contributed by atoms with Crippen molar-refractivity contribution in [2.75, 3.05) is 13.2 Å². The first-order valence-corrected chi connectivity index (χ1v) is 5.31. The summed E-state index contributed by atoms with van der Waals surface area (Å²) in [4.78, 5) is 0. The molecule has 0 aromatic carbocycles. The minimum absolute atomic E-state index is 0.0600. The first kappa shape index (κ1) is 11.2. The van der Waals surface area contributed by atoms with Crippen molar-refractivity contribution in [2.24, 2.45) is 17.8 Å². The molecule has 88 valence electrons. The molecule has 0 bridgehead atoms. The maximum Gasteiger partial charge on any atom is 0.391 e. The summed E-state index contributed by atoms with van der Waals surface area (Å²) >= 11 is 0. The zero-order valence-corrected chi connectivity index (χ0v) is 8.33. The van der Waals surface area contributed by atoms with Gasteiger partial charge >= 0.3 is 6.18 Å². The lowest BCUT2D eigenvalue weighted by atomic mass is 9.72. The van der Waals surface area contributed by atoms with Crippen LogP contribution in [-0.4, -0.2) is 30.6 Å². The van der Waals surface area contributed by atoms with Crippen LogP contribution in [0.25, 0.3) is 0 Å². The molecule has 2 nitrogen and oxygen atoms in total. The van der Waals surface area contributed by atoms with E-state index in [-0.39, 0.29) is 37.4 Å². The van der Waals surface area contributed by atoms with Crippen molar-refractivity contribution >= 4 is 0 Å². The molecule has 0 spiro atoms. The smallest absolute Gasteiger partial charge is 0.391 e. The summed E-state index contributed by atoms with van der Waals surface area (Å²) in [6, 6.07) is 0. The highest BCUT2D eigenvalue weighted by Crippen LogP contribution is 2.46. The second-order valence-electron chi connectivity index (χ2n) is 4.51. The van der Waals surface area contributed by atoms with Crippen LogP contribution < -0.4 is 0 Å². The highest BCUT2D eigenvalue weighted by molar-refractivity contribution is 4.91. The molecule has 1 aliphatic heterocycles. The van der Waals surface area contributed by atoms with Crippen LogP contribution in [0.15, 0.2) is 0 Å². The van der Waals surface area contributed by atoms with E-state index < -0.39 is 12.1 Å². The summed E-state index contributed by atoms with van der Waals surface area (Å²) in [5, 5.41) is 9.10. The number of hydrogen-bond acceptors (Lipinski definition) is 2. The largest absolute Gasteiger partial charge is 0.396 e. The Kier molecular flexibility index (Phi) is 2.94. The van der Waals surface area contributed by atoms with E-state index in [1.165, 1.54) is 0 Å². The van der Waals surface area contributed by atoms with Gasteiger partial charge in [-0.1, -0.05) is 0 Å². The van der Waals surface area contributed by atoms with Crippen molar-refractivity contribution in [1.29, 1.82) is 0 Å². The van der Waals surface area contributed by atoms with Gasteiger partial charge in [0.05, 0.1) is 12.0 Å². The number of ether oxygens (including phenoxy) is 1. The van der Waals surface area contributed by atoms with Gasteiger partial charge in [0.15, 0.2) is 0 Å². The van der Waals surface area contributed by atoms with Crippen LogP contribution in [0.5, 0.6) is 0 Å². The van der Waals surface area contributed by atoms with E-state index in [4.69, 9.17) is 9.84 Å². The van der Waals surface area contributed by atoms with Gasteiger partial charge < -0.3 is 9.84 Å². The number of alkyl halides is 3. The van der Waals surface area contributed by atoms with Crippen LogP contribution in [-0.2, 0) is 4.74 Å². The van der Waals surface area contributed by atoms with Gasteiger partial charge in [0.25, 0.3) is 0 Å². The van der Waals surface area contributed by atoms with Gasteiger partial charge in [0.1, 0.15) is 0 Å². The minimum Gasteiger partial charge on any atom is -0.396 e. The number of aliphatic hydroxyl groups is 1. The second kappa shape index (κ2) is 3.94. The summed E-state index contributed by atoms with van der Waals surface area (Å²) < 4.78 is 43.0. The molecule has 0 aromatic heterocycles. The Hall–Kier alpha value is -0.290. The number of hydrogen-bond donors (Lipinski definition) is 1. The SMILES string of the molecule is OCC1CC(C(F)(F)F)CC2OCCC12. The van der Waals surface area contributed by atoms with Gasteiger partial charge in [-0.3, -0.25) is 0 Å². The third-order valence-electron chi connectivity index (χ3n) is 3.67. The molecule has 4 atom stereocenters. The van der Waals surface area contributed by atoms with Gasteiger partial charge in [0.2, 0.25) is 0 Å². The predicted molar refractivity (Wildman–Crippen MR) is 47.2 cm³/mol. The lowest BCUT2D eigenvalue weighted by Gasteiger charge is -2.37. The molecular formula is C10H15F3O2. The van der Waals surface area contributed by atoms with Crippen LogP contribution >= 0.6 is 0 Å². The van der Waals surface area contributed by atoms with Crippen molar-refractivity contribution in [2.45, 2.75) is 31.5 Å². The third-order valence-corrected chi connectivity index (χ3v) is 3.67. The van der Waals surface area contributed by atoms with E-state index in [1.54, 1.807) is 0 Å². The Morgan fingerprint density at radius 3 is 2.60 bits per heavy atom. The quantitative estimate of drug-likeness (QED) is 0.738. The lowest BCUT2D eigenvalue weighted by Crippen LogP contribution is -2.40. The summed E-state index contributed by atoms with van der Waals surface area (Å²) in [6.45, 7) is 0.382. The molecule has 2 aliphatic rings. The maximum atomic E-state index is 12.6. The first-order valence-electron chi connectivity index (χ1n) is 5.31. The summed E-state index contributed by atoms with van der Waals surface area (Å²) in [7, 11) is 0. The average Bonchev–Trinajstić information content (AvgIpc) is 2.62. The molecule has 15 heavy (non-hydrogen) atoms. The van der Waals surface area contributed by atoms with Crippen molar-refractivity contribution in [3.05, 3.63) is 0 Å². The van der Waals surface area contributed by atoms with Crippen LogP contribution in [0.4, 0.5) is 13.2 Å². The molecule has 4 unspecified atom stereocenters. The molecule has 0 amide bonds. The summed E-state index contributed by atoms with van der Waals surface area (Å²) in [5.41, 5.74) is 0. The molecule has 0 radical (unpaired) electrons. The number of fused-ring (bicyclic) bond motifs is 1. The second-order valence-corrected chi connectivity index (χ2v) is 4.51. The zero-order chi connectivity index (χ0) is 11.1. The molecule has 5 heteroatoms. The maximum absolute atomic E-state index is 12.6. The van der Waals surface area contributed by atoms with Gasteiger partial charge in [-0.25, -0.2) is 0 Å². The Labute approximate surface area is 86.4 Å². The predicted octanol–water partition coefficient (Wildman–Crippen LogP) is 1.97. The van der Waals surface area contributed by atoms with E-state index in [0.29, 0.717) is 6.61 Å². The van der Waals surface area contributed by atoms with Crippen molar-refractivity contribution in [1.82, 2.24) is 0 Å². The Balaban J connectivity index is 2.08. The fourth-order valence-corrected chi connectivity index (χ4v) is 2.84. The molecule has 1 saturated carbocycles. The molecular weight excluding hydrogens is 209 g/mol. The van der Waals surface area contributed by atoms with E-state index in [2.05, 4.69) is 0 Å². The fraction of sp³-hybridized carbons (Fsp3) is 1.00. The molecule has 1 aliphatic carbocycles. The summed E-state index contributed by atoms with van der Waals surface area (Å²) in [5.74, 6) is -1.40. The molecule has 0 aromatic rings. The molecule has 1 N–H and O–H groups in total. The zero-order valence-electron chi connectivity index (χ0n) is 8.33. The van der Waals surface area contributed by atoms with Crippen molar-refractivity contribution in [3.8, 4) is 0 Å². The van der Waals surface area contributed by atoms with Gasteiger partial charge in [-0.15, -0.1) is 0 Å². The monoisotopic (exact) mass is 224 g/mol. The van der Waals surface area contributed by atoms with Gasteiger partial charge in [0, 0.05) is 13.2 Å². The number of rotatable bonds is 1. The van der Waals surface area contributed by atoms with Crippen LogP contribution in [0.1, 0.15) is 19.3 Å². The van der Waals surface area contributed by atoms with Crippen molar-refractivity contribution < 1.29 is 23.0 Å². The first-order chi connectivity index (χ1) is 7.02. The minimum atomic E-state index is -4.15. The van der Waals surface area contributed by atoms with E-state index in [0.717, 1.165) is 6.42 Å². The third kappa shape index (κ3) is 2.13. The Bertz CT molecular complexity index is 229. The average molecular weight is 224 g/mol. The standard InChI is InChI=1S/C10H15F3O2/c11-10(12,13)7-3-6(5-14)8-1-2-15-9(8)4-7/h6-9,14H,1-5H2. The Morgan fingerprint density at radius 1 is 1.27 bits per heavy atom. The van der Waals surface area contributed by atoms with Gasteiger partial charge in [-0.2, -0.15) is 13.2 Å². The van der Waals surface area contributed by atoms with E-state index >= 15 is 0 Å². The molecule has 1 heterocycles. The van der Waals surface area contributed by atoms with E-state index in [1.807, 2.05) is 0 Å². The lowest BCUT2D eigenvalue weighted by molar-refractivity contribution is -0.199. The van der Waals surface area contributed by atoms with Gasteiger partial charge in [-0.05, 0) is 31.1 Å². The Morgan fingerprint density at radius 2 is 2.00 bits per heavy atom. The van der Waals surface area contributed by atoms with E-state index in [9.17, 15) is 13.2 Å². The topological polar surface area (TPSA) is 29.5 Å². The normalized spacial score (nSPS) is 41.6. The molecule has 2 rings (SSSR count). The molecule has 1 saturated heterocycles. The van der Waals surface area contributed by atoms with Crippen LogP contribution in [0, 0.1) is 17.8 Å². The highest BCUT2D eigenvalue weighted by Gasteiger charge is 2.50. The number of aliphatic hydroxyl groups excluding tert-OH is 1. The van der Waals surface area contributed by atoms with Crippen molar-refractivity contribution in [3.63, 3.8) is 0 Å².